The van der Waals surface area contributed by atoms with Crippen LogP contribution in [0.15, 0.2) is 30.3 Å². The topological polar surface area (TPSA) is 73.9 Å². The van der Waals surface area contributed by atoms with Crippen molar-refractivity contribution in [2.45, 2.75) is 39.6 Å². The first-order chi connectivity index (χ1) is 10.6. The minimum absolute atomic E-state index is 0.122. The van der Waals surface area contributed by atoms with Crippen molar-refractivity contribution < 1.29 is 23.1 Å². The van der Waals surface area contributed by atoms with E-state index in [1.807, 2.05) is 51.1 Å². The summed E-state index contributed by atoms with van der Waals surface area (Å²) in [5, 5.41) is 1.42. The predicted molar refractivity (Wildman–Crippen MR) is 89.2 cm³/mol. The number of carbonyl (C=O) groups excluding carboxylic acids is 1. The van der Waals surface area contributed by atoms with E-state index in [0.717, 1.165) is 5.56 Å². The molecule has 1 N–H and O–H groups in total. The standard InChI is InChI=1S/C16H26NO5P/c1-15(2,3)16(4,23(19,20-5)21-6)17-14(18)22-12-13-10-8-7-9-11-13/h7-11H,12H2,1-6H3,(H,17,18)/t16-/m1/s1. The van der Waals surface area contributed by atoms with Crippen molar-refractivity contribution in [2.24, 2.45) is 5.41 Å². The van der Waals surface area contributed by atoms with Crippen LogP contribution >= 0.6 is 7.60 Å². The van der Waals surface area contributed by atoms with Gasteiger partial charge in [0.2, 0.25) is 0 Å². The Morgan fingerprint density at radius 3 is 2.04 bits per heavy atom. The Morgan fingerprint density at radius 1 is 1.09 bits per heavy atom. The lowest BCUT2D eigenvalue weighted by molar-refractivity contribution is 0.109. The van der Waals surface area contributed by atoms with E-state index in [1.165, 1.54) is 14.2 Å². The highest BCUT2D eigenvalue weighted by atomic mass is 31.2. The molecule has 1 rings (SSSR count). The van der Waals surface area contributed by atoms with Crippen LogP contribution in [0.5, 0.6) is 0 Å². The van der Waals surface area contributed by atoms with Crippen LogP contribution in [0.4, 0.5) is 4.79 Å². The molecule has 7 heteroatoms. The van der Waals surface area contributed by atoms with Crippen LogP contribution in [0.25, 0.3) is 0 Å². The number of carbonyl (C=O) groups is 1. The maximum atomic E-state index is 12.9. The molecule has 1 aromatic rings. The number of alkyl carbamates (subject to hydrolysis) is 1. The number of hydrogen-bond donors (Lipinski definition) is 1. The van der Waals surface area contributed by atoms with Gasteiger partial charge in [-0.2, -0.15) is 0 Å². The molecule has 1 aromatic carbocycles. The van der Waals surface area contributed by atoms with E-state index >= 15 is 0 Å². The van der Waals surface area contributed by atoms with Crippen molar-refractivity contribution in [2.75, 3.05) is 14.2 Å². The van der Waals surface area contributed by atoms with E-state index in [2.05, 4.69) is 5.32 Å². The molecular formula is C16H26NO5P. The number of hydrogen-bond acceptors (Lipinski definition) is 5. The van der Waals surface area contributed by atoms with E-state index in [9.17, 15) is 9.36 Å². The molecule has 0 spiro atoms. The van der Waals surface area contributed by atoms with Crippen molar-refractivity contribution >= 4 is 13.7 Å². The van der Waals surface area contributed by atoms with Crippen molar-refractivity contribution in [1.29, 1.82) is 0 Å². The van der Waals surface area contributed by atoms with Gasteiger partial charge in [-0.15, -0.1) is 0 Å². The van der Waals surface area contributed by atoms with Gasteiger partial charge in [0.1, 0.15) is 11.9 Å². The van der Waals surface area contributed by atoms with Crippen LogP contribution < -0.4 is 5.32 Å². The Morgan fingerprint density at radius 2 is 1.61 bits per heavy atom. The number of benzene rings is 1. The first-order valence-electron chi connectivity index (χ1n) is 7.30. The molecular weight excluding hydrogens is 317 g/mol. The van der Waals surface area contributed by atoms with Gasteiger partial charge in [-0.25, -0.2) is 4.79 Å². The Bertz CT molecular complexity index is 562. The van der Waals surface area contributed by atoms with Crippen molar-refractivity contribution in [3.8, 4) is 0 Å². The first-order valence-corrected chi connectivity index (χ1v) is 8.84. The molecule has 1 atom stereocenters. The average molecular weight is 343 g/mol. The molecule has 0 bridgehead atoms. The summed E-state index contributed by atoms with van der Waals surface area (Å²) in [6.45, 7) is 7.28. The molecule has 6 nitrogen and oxygen atoms in total. The first kappa shape index (κ1) is 19.7. The van der Waals surface area contributed by atoms with Gasteiger partial charge in [0.15, 0.2) is 0 Å². The quantitative estimate of drug-likeness (QED) is 0.785. The number of ether oxygens (including phenoxy) is 1. The maximum absolute atomic E-state index is 12.9. The summed E-state index contributed by atoms with van der Waals surface area (Å²) in [7, 11) is -0.992. The van der Waals surface area contributed by atoms with Crippen molar-refractivity contribution in [3.05, 3.63) is 35.9 Å². The molecule has 0 aromatic heterocycles. The summed E-state index contributed by atoms with van der Waals surface area (Å²) < 4.78 is 28.3. The van der Waals surface area contributed by atoms with Gasteiger partial charge in [-0.1, -0.05) is 51.1 Å². The molecule has 0 saturated carbocycles. The summed E-state index contributed by atoms with van der Waals surface area (Å²) in [5.74, 6) is 0. The average Bonchev–Trinajstić information content (AvgIpc) is 2.51. The van der Waals surface area contributed by atoms with E-state index in [0.29, 0.717) is 0 Å². The third kappa shape index (κ3) is 4.34. The van der Waals surface area contributed by atoms with E-state index in [4.69, 9.17) is 13.8 Å². The van der Waals surface area contributed by atoms with E-state index < -0.39 is 24.4 Å². The van der Waals surface area contributed by atoms with Gasteiger partial charge in [0.25, 0.3) is 0 Å². The van der Waals surface area contributed by atoms with Gasteiger partial charge < -0.3 is 19.1 Å². The molecule has 0 fully saturated rings. The third-order valence-electron chi connectivity index (χ3n) is 4.05. The summed E-state index contributed by atoms with van der Waals surface area (Å²) in [6.07, 6.45) is -0.680. The highest BCUT2D eigenvalue weighted by molar-refractivity contribution is 7.55. The summed E-state index contributed by atoms with van der Waals surface area (Å²) >= 11 is 0. The van der Waals surface area contributed by atoms with Crippen LogP contribution in [0.2, 0.25) is 0 Å². The summed E-state index contributed by atoms with van der Waals surface area (Å²) in [5.41, 5.74) is 0.266. The van der Waals surface area contributed by atoms with Gasteiger partial charge in [-0.05, 0) is 17.9 Å². The summed E-state index contributed by atoms with van der Waals surface area (Å²) in [4.78, 5) is 12.2. The predicted octanol–water partition coefficient (Wildman–Crippen LogP) is 4.16. The smallest absolute Gasteiger partial charge is 0.408 e. The zero-order chi connectivity index (χ0) is 17.7. The monoisotopic (exact) mass is 343 g/mol. The van der Waals surface area contributed by atoms with E-state index in [1.54, 1.807) is 6.92 Å². The molecule has 0 radical (unpaired) electrons. The SMILES string of the molecule is COP(=O)(OC)[C@@](C)(NC(=O)OCc1ccccc1)C(C)(C)C. The fraction of sp³-hybridized carbons (Fsp3) is 0.562. The van der Waals surface area contributed by atoms with E-state index in [-0.39, 0.29) is 6.61 Å². The van der Waals surface area contributed by atoms with Crippen LogP contribution in [0.3, 0.4) is 0 Å². The van der Waals surface area contributed by atoms with Gasteiger partial charge in [0, 0.05) is 14.2 Å². The highest BCUT2D eigenvalue weighted by Gasteiger charge is 2.55. The molecule has 0 aliphatic heterocycles. The molecule has 0 saturated heterocycles. The maximum Gasteiger partial charge on any atom is 0.408 e. The minimum Gasteiger partial charge on any atom is -0.445 e. The largest absolute Gasteiger partial charge is 0.445 e. The Balaban J connectivity index is 2.90. The molecule has 130 valence electrons. The fourth-order valence-electron chi connectivity index (χ4n) is 2.06. The van der Waals surface area contributed by atoms with Crippen LogP contribution in [0, 0.1) is 5.41 Å². The molecule has 0 aliphatic rings. The molecule has 0 heterocycles. The van der Waals surface area contributed by atoms with Crippen molar-refractivity contribution in [1.82, 2.24) is 5.32 Å². The minimum atomic E-state index is -3.59. The second kappa shape index (κ2) is 7.47. The lowest BCUT2D eigenvalue weighted by Crippen LogP contribution is -2.55. The van der Waals surface area contributed by atoms with Gasteiger partial charge in [-0.3, -0.25) is 4.57 Å². The van der Waals surface area contributed by atoms with Gasteiger partial charge in [0.05, 0.1) is 0 Å². The fourth-order valence-corrected chi connectivity index (χ4v) is 3.99. The Hall–Kier alpha value is -1.36. The zero-order valence-corrected chi connectivity index (χ0v) is 15.5. The second-order valence-electron chi connectivity index (χ2n) is 6.37. The lowest BCUT2D eigenvalue weighted by Gasteiger charge is -2.44. The number of nitrogens with one attached hydrogen (secondary N) is 1. The number of amides is 1. The zero-order valence-electron chi connectivity index (χ0n) is 14.6. The molecule has 0 aliphatic carbocycles. The van der Waals surface area contributed by atoms with Gasteiger partial charge >= 0.3 is 13.7 Å². The molecule has 1 amide bonds. The molecule has 23 heavy (non-hydrogen) atoms. The van der Waals surface area contributed by atoms with Crippen molar-refractivity contribution in [3.63, 3.8) is 0 Å². The van der Waals surface area contributed by atoms with Crippen LogP contribution in [-0.2, 0) is 25.0 Å². The molecule has 0 unspecified atom stereocenters. The lowest BCUT2D eigenvalue weighted by atomic mass is 9.87. The Kier molecular flexibility index (Phi) is 6.40. The summed E-state index contributed by atoms with van der Waals surface area (Å²) in [6, 6.07) is 9.31. The second-order valence-corrected chi connectivity index (χ2v) is 8.99. The third-order valence-corrected chi connectivity index (χ3v) is 6.89. The number of rotatable bonds is 6. The highest BCUT2D eigenvalue weighted by Crippen LogP contribution is 2.63. The Labute approximate surface area is 138 Å². The van der Waals surface area contributed by atoms with Crippen LogP contribution in [0.1, 0.15) is 33.3 Å². The van der Waals surface area contributed by atoms with Crippen LogP contribution in [-0.4, -0.2) is 25.6 Å². The normalized spacial score (nSPS) is 14.9.